The monoisotopic (exact) mass is 329 g/mol. The average Bonchev–Trinajstić information content (AvgIpc) is 3.28. The fraction of sp³-hybridized carbons (Fsp3) is 0.625. The lowest BCUT2D eigenvalue weighted by atomic mass is 10.1. The Bertz CT molecular complexity index is 582. The van der Waals surface area contributed by atoms with Gasteiger partial charge in [0.25, 0.3) is 0 Å². The van der Waals surface area contributed by atoms with Crippen molar-refractivity contribution in [1.29, 1.82) is 0 Å². The van der Waals surface area contributed by atoms with E-state index in [4.69, 9.17) is 0 Å². The van der Waals surface area contributed by atoms with Crippen LogP contribution in [0.15, 0.2) is 24.3 Å². The fourth-order valence-electron chi connectivity index (χ4n) is 2.36. The van der Waals surface area contributed by atoms with Gasteiger partial charge >= 0.3 is 0 Å². The predicted octanol–water partition coefficient (Wildman–Crippen LogP) is 2.15. The van der Waals surface area contributed by atoms with Gasteiger partial charge in [-0.25, -0.2) is 12.8 Å². The van der Waals surface area contributed by atoms with E-state index in [9.17, 15) is 17.9 Å². The van der Waals surface area contributed by atoms with Gasteiger partial charge in [-0.3, -0.25) is 4.90 Å². The van der Waals surface area contributed by atoms with E-state index in [0.717, 1.165) is 12.8 Å². The molecule has 124 valence electrons. The molecule has 22 heavy (non-hydrogen) atoms. The molecular formula is C16H24FNO3S. The summed E-state index contributed by atoms with van der Waals surface area (Å²) in [5.74, 6) is -0.227. The van der Waals surface area contributed by atoms with Crippen LogP contribution in [0.4, 0.5) is 4.39 Å². The van der Waals surface area contributed by atoms with Gasteiger partial charge in [-0.05, 0) is 44.4 Å². The number of benzene rings is 1. The highest BCUT2D eigenvalue weighted by Crippen LogP contribution is 2.29. The van der Waals surface area contributed by atoms with Gasteiger partial charge in [-0.2, -0.15) is 0 Å². The summed E-state index contributed by atoms with van der Waals surface area (Å²) < 4.78 is 36.8. The summed E-state index contributed by atoms with van der Waals surface area (Å²) in [6.45, 7) is 4.18. The van der Waals surface area contributed by atoms with Crippen molar-refractivity contribution in [2.24, 2.45) is 0 Å². The summed E-state index contributed by atoms with van der Waals surface area (Å²) in [6.07, 6.45) is 1.35. The Morgan fingerprint density at radius 3 is 2.36 bits per heavy atom. The molecule has 0 saturated heterocycles. The standard InChI is InChI=1S/C16H24FNO3S/c1-12(2)22(20,21)10-9-18(15-7-8-15)11-16(19)13-3-5-14(17)6-4-13/h3-6,12,15-16,19H,7-11H2,1-2H3. The third-order valence-electron chi connectivity index (χ3n) is 4.11. The number of hydrogen-bond donors (Lipinski definition) is 1. The summed E-state index contributed by atoms with van der Waals surface area (Å²) >= 11 is 0. The zero-order valence-corrected chi connectivity index (χ0v) is 13.9. The van der Waals surface area contributed by atoms with Crippen LogP contribution >= 0.6 is 0 Å². The smallest absolute Gasteiger partial charge is 0.153 e. The summed E-state index contributed by atoms with van der Waals surface area (Å²) in [4.78, 5) is 2.04. The van der Waals surface area contributed by atoms with E-state index in [1.807, 2.05) is 4.90 Å². The maximum absolute atomic E-state index is 12.9. The molecule has 0 aromatic heterocycles. The van der Waals surface area contributed by atoms with Gasteiger partial charge < -0.3 is 5.11 Å². The minimum absolute atomic E-state index is 0.108. The molecule has 1 aromatic carbocycles. The summed E-state index contributed by atoms with van der Waals surface area (Å²) in [6, 6.07) is 6.13. The SMILES string of the molecule is CC(C)S(=O)(=O)CCN(CC(O)c1ccc(F)cc1)C1CC1. The molecule has 0 amide bonds. The maximum atomic E-state index is 12.9. The maximum Gasteiger partial charge on any atom is 0.153 e. The highest BCUT2D eigenvalue weighted by Gasteiger charge is 2.31. The van der Waals surface area contributed by atoms with Crippen molar-refractivity contribution in [2.45, 2.75) is 44.1 Å². The first kappa shape index (κ1) is 17.4. The van der Waals surface area contributed by atoms with E-state index < -0.39 is 15.9 Å². The van der Waals surface area contributed by atoms with E-state index >= 15 is 0 Å². The van der Waals surface area contributed by atoms with Gasteiger partial charge in [-0.1, -0.05) is 12.1 Å². The molecule has 1 atom stereocenters. The highest BCUT2D eigenvalue weighted by atomic mass is 32.2. The Morgan fingerprint density at radius 2 is 1.86 bits per heavy atom. The van der Waals surface area contributed by atoms with Gasteiger partial charge in [0, 0.05) is 19.1 Å². The summed E-state index contributed by atoms with van der Waals surface area (Å²) in [5, 5.41) is 9.90. The Morgan fingerprint density at radius 1 is 1.27 bits per heavy atom. The molecule has 1 N–H and O–H groups in total. The van der Waals surface area contributed by atoms with Gasteiger partial charge in [0.1, 0.15) is 5.82 Å². The highest BCUT2D eigenvalue weighted by molar-refractivity contribution is 7.92. The fourth-order valence-corrected chi connectivity index (χ4v) is 3.32. The van der Waals surface area contributed by atoms with E-state index in [1.54, 1.807) is 26.0 Å². The molecule has 1 unspecified atom stereocenters. The Balaban J connectivity index is 1.96. The lowest BCUT2D eigenvalue weighted by Gasteiger charge is -2.25. The molecule has 6 heteroatoms. The first-order valence-corrected chi connectivity index (χ1v) is 9.40. The molecule has 0 aliphatic heterocycles. The summed E-state index contributed by atoms with van der Waals surface area (Å²) in [7, 11) is -3.08. The first-order valence-electron chi connectivity index (χ1n) is 7.69. The second-order valence-electron chi connectivity index (χ2n) is 6.21. The number of sulfone groups is 1. The molecule has 0 heterocycles. The molecule has 1 saturated carbocycles. The number of aliphatic hydroxyl groups excluding tert-OH is 1. The largest absolute Gasteiger partial charge is 0.387 e. The van der Waals surface area contributed by atoms with Crippen molar-refractivity contribution in [2.75, 3.05) is 18.8 Å². The minimum atomic E-state index is -3.08. The quantitative estimate of drug-likeness (QED) is 0.794. The normalized spacial score (nSPS) is 17.2. The molecule has 0 bridgehead atoms. The number of hydrogen-bond acceptors (Lipinski definition) is 4. The third kappa shape index (κ3) is 4.76. The van der Waals surface area contributed by atoms with E-state index in [0.29, 0.717) is 24.7 Å². The van der Waals surface area contributed by atoms with Gasteiger partial charge in [0.2, 0.25) is 0 Å². The molecular weight excluding hydrogens is 305 g/mol. The zero-order chi connectivity index (χ0) is 16.3. The molecule has 0 spiro atoms. The van der Waals surface area contributed by atoms with E-state index in [-0.39, 0.29) is 16.8 Å². The van der Waals surface area contributed by atoms with Crippen molar-refractivity contribution in [3.8, 4) is 0 Å². The lowest BCUT2D eigenvalue weighted by molar-refractivity contribution is 0.112. The summed E-state index contributed by atoms with van der Waals surface area (Å²) in [5.41, 5.74) is 0.652. The number of aliphatic hydroxyl groups is 1. The third-order valence-corrected chi connectivity index (χ3v) is 6.29. The number of rotatable bonds is 8. The van der Waals surface area contributed by atoms with Gasteiger partial charge in [0.15, 0.2) is 9.84 Å². The van der Waals surface area contributed by atoms with Crippen LogP contribution in [0.1, 0.15) is 38.4 Å². The van der Waals surface area contributed by atoms with Crippen molar-refractivity contribution in [1.82, 2.24) is 4.90 Å². The van der Waals surface area contributed by atoms with Crippen LogP contribution in [-0.4, -0.2) is 48.6 Å². The van der Waals surface area contributed by atoms with Crippen LogP contribution in [0.3, 0.4) is 0 Å². The predicted molar refractivity (Wildman–Crippen MR) is 84.9 cm³/mol. The molecule has 1 aliphatic carbocycles. The molecule has 1 aromatic rings. The second-order valence-corrected chi connectivity index (χ2v) is 8.89. The van der Waals surface area contributed by atoms with Crippen molar-refractivity contribution in [3.63, 3.8) is 0 Å². The molecule has 1 aliphatic rings. The van der Waals surface area contributed by atoms with Crippen LogP contribution in [0.2, 0.25) is 0 Å². The van der Waals surface area contributed by atoms with E-state index in [2.05, 4.69) is 0 Å². The molecule has 2 rings (SSSR count). The van der Waals surface area contributed by atoms with E-state index in [1.165, 1.54) is 12.1 Å². The van der Waals surface area contributed by atoms with Gasteiger partial charge in [-0.15, -0.1) is 0 Å². The van der Waals surface area contributed by atoms with Crippen LogP contribution in [0, 0.1) is 5.82 Å². The first-order chi connectivity index (χ1) is 10.3. The molecule has 4 nitrogen and oxygen atoms in total. The van der Waals surface area contributed by atoms with Crippen molar-refractivity contribution >= 4 is 9.84 Å². The average molecular weight is 329 g/mol. The second kappa shape index (κ2) is 7.06. The minimum Gasteiger partial charge on any atom is -0.387 e. The molecule has 0 radical (unpaired) electrons. The molecule has 1 fully saturated rings. The van der Waals surface area contributed by atoms with Crippen molar-refractivity contribution < 1.29 is 17.9 Å². The van der Waals surface area contributed by atoms with Crippen LogP contribution in [-0.2, 0) is 9.84 Å². The number of nitrogens with zero attached hydrogens (tertiary/aromatic N) is 1. The van der Waals surface area contributed by atoms with Crippen LogP contribution < -0.4 is 0 Å². The lowest BCUT2D eigenvalue weighted by Crippen LogP contribution is -2.36. The number of halogens is 1. The Hall–Kier alpha value is -0.980. The topological polar surface area (TPSA) is 57.6 Å². The Kier molecular flexibility index (Phi) is 5.58. The zero-order valence-electron chi connectivity index (χ0n) is 13.1. The Labute approximate surface area is 131 Å². The van der Waals surface area contributed by atoms with Crippen molar-refractivity contribution in [3.05, 3.63) is 35.6 Å². The van der Waals surface area contributed by atoms with Crippen LogP contribution in [0.25, 0.3) is 0 Å². The van der Waals surface area contributed by atoms with Gasteiger partial charge in [0.05, 0.1) is 17.1 Å². The van der Waals surface area contributed by atoms with Crippen LogP contribution in [0.5, 0.6) is 0 Å².